The number of nitrogens with two attached hydrogens (primary N) is 1. The molecule has 17 heavy (non-hydrogen) atoms. The summed E-state index contributed by atoms with van der Waals surface area (Å²) in [6, 6.07) is 7.77. The molecule has 4 heteroatoms. The summed E-state index contributed by atoms with van der Waals surface area (Å²) in [4.78, 5) is 2.20. The van der Waals surface area contributed by atoms with E-state index < -0.39 is 12.2 Å². The molecule has 1 unspecified atom stereocenters. The molecule has 2 nitrogen and oxygen atoms in total. The fraction of sp³-hybridized carbons (Fsp3) is 0.538. The highest BCUT2D eigenvalue weighted by Crippen LogP contribution is 2.29. The van der Waals surface area contributed by atoms with Gasteiger partial charge in [-0.3, -0.25) is 0 Å². The number of hydrogen-bond donors (Lipinski definition) is 1. The van der Waals surface area contributed by atoms with Gasteiger partial charge in [0.2, 0.25) is 0 Å². The highest BCUT2D eigenvalue weighted by atomic mass is 35.5. The van der Waals surface area contributed by atoms with Crippen molar-refractivity contribution >= 4 is 17.3 Å². The number of hydrogen-bond acceptors (Lipinski definition) is 2. The molecule has 0 saturated carbocycles. The predicted octanol–water partition coefficient (Wildman–Crippen LogP) is 3.00. The van der Waals surface area contributed by atoms with Crippen LogP contribution in [0.25, 0.3) is 0 Å². The van der Waals surface area contributed by atoms with Crippen molar-refractivity contribution in [2.45, 2.75) is 24.8 Å². The fourth-order valence-electron chi connectivity index (χ4n) is 2.30. The molecule has 0 radical (unpaired) electrons. The lowest BCUT2D eigenvalue weighted by molar-refractivity contribution is 0.282. The monoisotopic (exact) mass is 256 g/mol. The van der Waals surface area contributed by atoms with Crippen molar-refractivity contribution in [3.05, 3.63) is 29.3 Å². The van der Waals surface area contributed by atoms with Crippen molar-refractivity contribution in [3.8, 4) is 0 Å². The molecule has 2 N–H and O–H groups in total. The SMILES string of the molecule is NC1(CF)CCCN(c2ccccc2Cl)CC1. The lowest BCUT2D eigenvalue weighted by Crippen LogP contribution is -2.43. The van der Waals surface area contributed by atoms with E-state index in [1.807, 2.05) is 24.3 Å². The molecule has 94 valence electrons. The second-order valence-electron chi connectivity index (χ2n) is 4.79. The molecule has 0 aliphatic carbocycles. The Morgan fingerprint density at radius 2 is 2.06 bits per heavy atom. The van der Waals surface area contributed by atoms with Crippen molar-refractivity contribution in [3.63, 3.8) is 0 Å². The van der Waals surface area contributed by atoms with Gasteiger partial charge < -0.3 is 10.6 Å². The maximum atomic E-state index is 12.9. The van der Waals surface area contributed by atoms with Gasteiger partial charge in [-0.15, -0.1) is 0 Å². The molecule has 1 heterocycles. The van der Waals surface area contributed by atoms with Crippen LogP contribution >= 0.6 is 11.6 Å². The Labute approximate surface area is 107 Å². The van der Waals surface area contributed by atoms with Crippen LogP contribution in [0.2, 0.25) is 5.02 Å². The highest BCUT2D eigenvalue weighted by Gasteiger charge is 2.28. The molecule has 1 aromatic rings. The standard InChI is InChI=1S/C13H18ClFN2/c14-11-4-1-2-5-12(11)17-8-3-6-13(16,10-15)7-9-17/h1-2,4-5H,3,6-10,16H2. The predicted molar refractivity (Wildman–Crippen MR) is 70.4 cm³/mol. The van der Waals surface area contributed by atoms with Crippen LogP contribution in [0, 0.1) is 0 Å². The molecular formula is C13H18ClFN2. The van der Waals surface area contributed by atoms with Crippen LogP contribution in [0.4, 0.5) is 10.1 Å². The summed E-state index contributed by atoms with van der Waals surface area (Å²) < 4.78 is 12.9. The van der Waals surface area contributed by atoms with Crippen LogP contribution in [-0.2, 0) is 0 Å². The minimum atomic E-state index is -0.643. The van der Waals surface area contributed by atoms with Gasteiger partial charge in [0.25, 0.3) is 0 Å². The molecule has 1 fully saturated rings. The smallest absolute Gasteiger partial charge is 0.107 e. The van der Waals surface area contributed by atoms with Crippen molar-refractivity contribution in [2.75, 3.05) is 24.7 Å². The van der Waals surface area contributed by atoms with Gasteiger partial charge in [0, 0.05) is 18.6 Å². The number of para-hydroxylation sites is 1. The van der Waals surface area contributed by atoms with Crippen molar-refractivity contribution < 1.29 is 4.39 Å². The Morgan fingerprint density at radius 3 is 2.76 bits per heavy atom. The molecular weight excluding hydrogens is 239 g/mol. The lowest BCUT2D eigenvalue weighted by Gasteiger charge is -2.26. The van der Waals surface area contributed by atoms with Crippen LogP contribution < -0.4 is 10.6 Å². The highest BCUT2D eigenvalue weighted by molar-refractivity contribution is 6.33. The first kappa shape index (κ1) is 12.7. The summed E-state index contributed by atoms with van der Waals surface area (Å²) >= 11 is 6.17. The van der Waals surface area contributed by atoms with E-state index in [9.17, 15) is 4.39 Å². The Morgan fingerprint density at radius 1 is 1.29 bits per heavy atom. The van der Waals surface area contributed by atoms with Crippen molar-refractivity contribution in [1.82, 2.24) is 0 Å². The van der Waals surface area contributed by atoms with Crippen LogP contribution in [0.5, 0.6) is 0 Å². The quantitative estimate of drug-likeness (QED) is 0.882. The zero-order valence-corrected chi connectivity index (χ0v) is 10.6. The Hall–Kier alpha value is -0.800. The van der Waals surface area contributed by atoms with E-state index in [0.29, 0.717) is 6.42 Å². The molecule has 1 saturated heterocycles. The van der Waals surface area contributed by atoms with Gasteiger partial charge in [0.15, 0.2) is 0 Å². The van der Waals surface area contributed by atoms with Gasteiger partial charge in [-0.05, 0) is 31.4 Å². The molecule has 0 amide bonds. The third kappa shape index (κ3) is 2.90. The minimum absolute atomic E-state index is 0.441. The van der Waals surface area contributed by atoms with Crippen molar-refractivity contribution in [2.24, 2.45) is 5.73 Å². The summed E-state index contributed by atoms with van der Waals surface area (Å²) in [7, 11) is 0. The number of alkyl halides is 1. The Kier molecular flexibility index (Phi) is 3.89. The van der Waals surface area contributed by atoms with E-state index in [-0.39, 0.29) is 0 Å². The van der Waals surface area contributed by atoms with Gasteiger partial charge in [-0.1, -0.05) is 23.7 Å². The van der Waals surface area contributed by atoms with E-state index in [2.05, 4.69) is 4.90 Å². The largest absolute Gasteiger partial charge is 0.370 e. The third-order valence-electron chi connectivity index (χ3n) is 3.44. The van der Waals surface area contributed by atoms with E-state index in [1.165, 1.54) is 0 Å². The van der Waals surface area contributed by atoms with Gasteiger partial charge in [-0.25, -0.2) is 4.39 Å². The zero-order valence-electron chi connectivity index (χ0n) is 9.83. The molecule has 1 aliphatic rings. The maximum absolute atomic E-state index is 12.9. The first-order valence-electron chi connectivity index (χ1n) is 5.99. The minimum Gasteiger partial charge on any atom is -0.370 e. The second-order valence-corrected chi connectivity index (χ2v) is 5.20. The lowest BCUT2D eigenvalue weighted by atomic mass is 9.94. The molecule has 2 rings (SSSR count). The number of rotatable bonds is 2. The van der Waals surface area contributed by atoms with Crippen molar-refractivity contribution in [1.29, 1.82) is 0 Å². The number of benzene rings is 1. The fourth-order valence-corrected chi connectivity index (χ4v) is 2.55. The van der Waals surface area contributed by atoms with E-state index in [1.54, 1.807) is 0 Å². The number of halogens is 2. The number of nitrogens with zero attached hydrogens (tertiary/aromatic N) is 1. The Balaban J connectivity index is 2.12. The average Bonchev–Trinajstić information content (AvgIpc) is 2.53. The maximum Gasteiger partial charge on any atom is 0.107 e. The first-order valence-corrected chi connectivity index (χ1v) is 6.37. The summed E-state index contributed by atoms with van der Waals surface area (Å²) in [5, 5.41) is 0.747. The normalized spacial score (nSPS) is 25.7. The van der Waals surface area contributed by atoms with E-state index in [0.717, 1.165) is 36.6 Å². The molecule has 0 spiro atoms. The summed E-state index contributed by atoms with van der Waals surface area (Å²) in [6.45, 7) is 1.22. The van der Waals surface area contributed by atoms with Gasteiger partial charge in [0.05, 0.1) is 10.7 Å². The van der Waals surface area contributed by atoms with Crippen LogP contribution in [-0.4, -0.2) is 25.3 Å². The van der Waals surface area contributed by atoms with E-state index in [4.69, 9.17) is 17.3 Å². The zero-order chi connectivity index (χ0) is 12.3. The second kappa shape index (κ2) is 5.23. The average molecular weight is 257 g/mol. The topological polar surface area (TPSA) is 29.3 Å². The number of anilines is 1. The molecule has 0 aromatic heterocycles. The molecule has 1 aliphatic heterocycles. The van der Waals surface area contributed by atoms with Crippen LogP contribution in [0.1, 0.15) is 19.3 Å². The van der Waals surface area contributed by atoms with Gasteiger partial charge >= 0.3 is 0 Å². The Bertz CT molecular complexity index is 385. The van der Waals surface area contributed by atoms with Crippen LogP contribution in [0.15, 0.2) is 24.3 Å². The van der Waals surface area contributed by atoms with E-state index >= 15 is 0 Å². The molecule has 1 atom stereocenters. The van der Waals surface area contributed by atoms with Gasteiger partial charge in [0.1, 0.15) is 6.67 Å². The summed E-state index contributed by atoms with van der Waals surface area (Å²) in [5.74, 6) is 0. The molecule has 0 bridgehead atoms. The first-order chi connectivity index (χ1) is 8.14. The third-order valence-corrected chi connectivity index (χ3v) is 3.76. The molecule has 1 aromatic carbocycles. The van der Waals surface area contributed by atoms with Crippen LogP contribution in [0.3, 0.4) is 0 Å². The summed E-state index contributed by atoms with van der Waals surface area (Å²) in [6.07, 6.45) is 2.32. The van der Waals surface area contributed by atoms with Gasteiger partial charge in [-0.2, -0.15) is 0 Å². The summed E-state index contributed by atoms with van der Waals surface area (Å²) in [5.41, 5.74) is 6.38.